The molecular weight excluding hydrogens is 315 g/mol. The summed E-state index contributed by atoms with van der Waals surface area (Å²) in [5, 5.41) is 8.48. The number of hydrogen-bond acceptors (Lipinski definition) is 4. The van der Waals surface area contributed by atoms with E-state index in [2.05, 4.69) is 9.97 Å². The lowest BCUT2D eigenvalue weighted by atomic mass is 10.2. The second kappa shape index (κ2) is 7.06. The van der Waals surface area contributed by atoms with Crippen LogP contribution in [0.25, 0.3) is 12.2 Å². The topological polar surface area (TPSA) is 72.3 Å². The van der Waals surface area contributed by atoms with E-state index in [1.54, 1.807) is 12.2 Å². The van der Waals surface area contributed by atoms with Crippen molar-refractivity contribution in [3.63, 3.8) is 0 Å². The van der Waals surface area contributed by atoms with E-state index >= 15 is 0 Å². The average Bonchev–Trinajstić information content (AvgIpc) is 2.45. The Bertz CT molecular complexity index is 652. The number of halogens is 2. The van der Waals surface area contributed by atoms with Gasteiger partial charge < -0.3 is 9.84 Å². The zero-order valence-corrected chi connectivity index (χ0v) is 12.2. The molecule has 108 valence electrons. The Labute approximate surface area is 130 Å². The fourth-order valence-corrected chi connectivity index (χ4v) is 1.98. The molecule has 0 radical (unpaired) electrons. The Morgan fingerprint density at radius 3 is 2.33 bits per heavy atom. The molecule has 0 aliphatic rings. The maximum atomic E-state index is 10.5. The predicted molar refractivity (Wildman–Crippen MR) is 80.6 cm³/mol. The standard InChI is InChI=1S/C14H10Cl2N2O3/c15-13-12(21-8-11(19)20)14(16)18-10(17-13)7-6-9-4-2-1-3-5-9/h1-7H,8H2,(H,19,20)/b7-6+. The maximum absolute atomic E-state index is 10.5. The third-order valence-corrected chi connectivity index (χ3v) is 2.88. The molecule has 0 atom stereocenters. The van der Waals surface area contributed by atoms with E-state index < -0.39 is 12.6 Å². The van der Waals surface area contributed by atoms with Crippen LogP contribution in [-0.4, -0.2) is 27.7 Å². The van der Waals surface area contributed by atoms with E-state index in [-0.39, 0.29) is 16.1 Å². The van der Waals surface area contributed by atoms with E-state index in [0.717, 1.165) is 5.56 Å². The van der Waals surface area contributed by atoms with E-state index in [4.69, 9.17) is 33.0 Å². The molecule has 2 rings (SSSR count). The first kappa shape index (κ1) is 15.3. The number of carboxylic acid groups (broad SMARTS) is 1. The molecule has 0 aliphatic carbocycles. The smallest absolute Gasteiger partial charge is 0.341 e. The molecule has 0 saturated heterocycles. The summed E-state index contributed by atoms with van der Waals surface area (Å²) >= 11 is 11.8. The second-order valence-electron chi connectivity index (χ2n) is 3.92. The van der Waals surface area contributed by atoms with Crippen molar-refractivity contribution in [1.82, 2.24) is 9.97 Å². The Morgan fingerprint density at radius 2 is 1.76 bits per heavy atom. The van der Waals surface area contributed by atoms with Crippen LogP contribution in [0, 0.1) is 0 Å². The Morgan fingerprint density at radius 1 is 1.14 bits per heavy atom. The summed E-state index contributed by atoms with van der Waals surface area (Å²) in [4.78, 5) is 18.4. The summed E-state index contributed by atoms with van der Waals surface area (Å²) in [5.74, 6) is -0.885. The van der Waals surface area contributed by atoms with E-state index in [9.17, 15) is 4.79 Å². The molecule has 0 bridgehead atoms. The Balaban J connectivity index is 2.19. The highest BCUT2D eigenvalue weighted by molar-refractivity contribution is 6.35. The SMILES string of the molecule is O=C(O)COc1c(Cl)nc(/C=C/c2ccccc2)nc1Cl. The fourth-order valence-electron chi connectivity index (χ4n) is 1.48. The van der Waals surface area contributed by atoms with Crippen molar-refractivity contribution >= 4 is 41.3 Å². The van der Waals surface area contributed by atoms with Crippen LogP contribution in [0.2, 0.25) is 10.3 Å². The van der Waals surface area contributed by atoms with Gasteiger partial charge in [-0.15, -0.1) is 0 Å². The monoisotopic (exact) mass is 324 g/mol. The van der Waals surface area contributed by atoms with Crippen LogP contribution in [-0.2, 0) is 4.79 Å². The molecule has 0 amide bonds. The number of benzene rings is 1. The van der Waals surface area contributed by atoms with Gasteiger partial charge in [0, 0.05) is 0 Å². The Kier molecular flexibility index (Phi) is 5.14. The molecule has 1 aromatic heterocycles. The summed E-state index contributed by atoms with van der Waals surface area (Å²) in [6.45, 7) is -0.567. The lowest BCUT2D eigenvalue weighted by Crippen LogP contribution is -2.10. The minimum Gasteiger partial charge on any atom is -0.479 e. The minimum absolute atomic E-state index is 0.0380. The molecule has 0 unspecified atom stereocenters. The fraction of sp³-hybridized carbons (Fsp3) is 0.0714. The molecule has 21 heavy (non-hydrogen) atoms. The van der Waals surface area contributed by atoms with Gasteiger partial charge in [0.2, 0.25) is 0 Å². The summed E-state index contributed by atoms with van der Waals surface area (Å²) in [7, 11) is 0. The largest absolute Gasteiger partial charge is 0.479 e. The van der Waals surface area contributed by atoms with Gasteiger partial charge in [0.05, 0.1) is 0 Å². The van der Waals surface area contributed by atoms with Gasteiger partial charge in [-0.1, -0.05) is 59.6 Å². The summed E-state index contributed by atoms with van der Waals surface area (Å²) in [6, 6.07) is 9.57. The summed E-state index contributed by atoms with van der Waals surface area (Å²) in [5.41, 5.74) is 0.972. The van der Waals surface area contributed by atoms with Crippen LogP contribution in [0.15, 0.2) is 30.3 Å². The number of carbonyl (C=O) groups is 1. The van der Waals surface area contributed by atoms with Crippen LogP contribution >= 0.6 is 23.2 Å². The van der Waals surface area contributed by atoms with Gasteiger partial charge in [0.1, 0.15) is 0 Å². The molecule has 0 fully saturated rings. The number of aromatic nitrogens is 2. The van der Waals surface area contributed by atoms with Crippen molar-refractivity contribution in [2.75, 3.05) is 6.61 Å². The average molecular weight is 325 g/mol. The number of hydrogen-bond donors (Lipinski definition) is 1. The zero-order chi connectivity index (χ0) is 15.2. The molecule has 5 nitrogen and oxygen atoms in total. The van der Waals surface area contributed by atoms with Crippen molar-refractivity contribution in [2.24, 2.45) is 0 Å². The van der Waals surface area contributed by atoms with Crippen molar-refractivity contribution in [2.45, 2.75) is 0 Å². The van der Waals surface area contributed by atoms with E-state index in [1.165, 1.54) is 0 Å². The third-order valence-electron chi connectivity index (χ3n) is 2.36. The highest BCUT2D eigenvalue weighted by Crippen LogP contribution is 2.30. The first-order chi connectivity index (χ1) is 10.1. The summed E-state index contributed by atoms with van der Waals surface area (Å²) in [6.07, 6.45) is 3.45. The van der Waals surface area contributed by atoms with Crippen LogP contribution in [0.3, 0.4) is 0 Å². The van der Waals surface area contributed by atoms with Gasteiger partial charge in [-0.05, 0) is 11.6 Å². The quantitative estimate of drug-likeness (QED) is 0.853. The number of ether oxygens (including phenoxy) is 1. The number of carboxylic acids is 1. The van der Waals surface area contributed by atoms with Crippen LogP contribution < -0.4 is 4.74 Å². The third kappa shape index (κ3) is 4.44. The summed E-state index contributed by atoms with van der Waals surface area (Å²) < 4.78 is 4.93. The van der Waals surface area contributed by atoms with Crippen LogP contribution in [0.4, 0.5) is 0 Å². The van der Waals surface area contributed by atoms with Crippen LogP contribution in [0.1, 0.15) is 11.4 Å². The molecular formula is C14H10Cl2N2O3. The van der Waals surface area contributed by atoms with E-state index in [0.29, 0.717) is 5.82 Å². The van der Waals surface area contributed by atoms with E-state index in [1.807, 2.05) is 30.3 Å². The lowest BCUT2D eigenvalue weighted by molar-refractivity contribution is -0.139. The number of nitrogens with zero attached hydrogens (tertiary/aromatic N) is 2. The van der Waals surface area contributed by atoms with Gasteiger partial charge in [-0.2, -0.15) is 0 Å². The highest BCUT2D eigenvalue weighted by atomic mass is 35.5. The maximum Gasteiger partial charge on any atom is 0.341 e. The molecule has 0 aliphatic heterocycles. The highest BCUT2D eigenvalue weighted by Gasteiger charge is 2.13. The zero-order valence-electron chi connectivity index (χ0n) is 10.7. The van der Waals surface area contributed by atoms with Crippen molar-refractivity contribution in [1.29, 1.82) is 0 Å². The van der Waals surface area contributed by atoms with Gasteiger partial charge >= 0.3 is 5.97 Å². The van der Waals surface area contributed by atoms with Gasteiger partial charge in [0.15, 0.2) is 28.5 Å². The molecule has 2 aromatic rings. The molecule has 0 spiro atoms. The lowest BCUT2D eigenvalue weighted by Gasteiger charge is -2.07. The van der Waals surface area contributed by atoms with Gasteiger partial charge in [0.25, 0.3) is 0 Å². The second-order valence-corrected chi connectivity index (χ2v) is 4.64. The van der Waals surface area contributed by atoms with Gasteiger partial charge in [-0.25, -0.2) is 14.8 Å². The molecule has 0 saturated carbocycles. The van der Waals surface area contributed by atoms with Crippen molar-refractivity contribution in [3.8, 4) is 5.75 Å². The van der Waals surface area contributed by atoms with Gasteiger partial charge in [-0.3, -0.25) is 0 Å². The number of aliphatic carboxylic acids is 1. The molecule has 1 N–H and O–H groups in total. The number of rotatable bonds is 5. The van der Waals surface area contributed by atoms with Crippen LogP contribution in [0.5, 0.6) is 5.75 Å². The minimum atomic E-state index is -1.14. The Hall–Kier alpha value is -2.11. The molecule has 1 heterocycles. The molecule has 1 aromatic carbocycles. The van der Waals surface area contributed by atoms with Crippen molar-refractivity contribution in [3.05, 3.63) is 52.0 Å². The molecule has 7 heteroatoms. The predicted octanol–water partition coefficient (Wildman–Crippen LogP) is 3.42. The first-order valence-corrected chi connectivity index (χ1v) is 6.62. The first-order valence-electron chi connectivity index (χ1n) is 5.87. The van der Waals surface area contributed by atoms with Crippen molar-refractivity contribution < 1.29 is 14.6 Å². The normalized spacial score (nSPS) is 10.8.